The van der Waals surface area contributed by atoms with Gasteiger partial charge in [-0.05, 0) is 31.0 Å². The second-order valence-corrected chi connectivity index (χ2v) is 4.56. The number of methoxy groups -OCH3 is 1. The number of carbonyl (C=O) groups excluding carboxylic acids is 1. The van der Waals surface area contributed by atoms with E-state index < -0.39 is 5.91 Å². The third kappa shape index (κ3) is 2.73. The molecule has 0 saturated heterocycles. The summed E-state index contributed by atoms with van der Waals surface area (Å²) >= 11 is 0. The van der Waals surface area contributed by atoms with Crippen LogP contribution in [0.15, 0.2) is 18.2 Å². The highest BCUT2D eigenvalue weighted by Gasteiger charge is 2.30. The van der Waals surface area contributed by atoms with Gasteiger partial charge in [0, 0.05) is 25.4 Å². The third-order valence-corrected chi connectivity index (χ3v) is 3.12. The third-order valence-electron chi connectivity index (χ3n) is 3.12. The van der Waals surface area contributed by atoms with Gasteiger partial charge in [0.2, 0.25) is 0 Å². The summed E-state index contributed by atoms with van der Waals surface area (Å²) in [7, 11) is 1.67. The van der Waals surface area contributed by atoms with Gasteiger partial charge < -0.3 is 21.1 Å². The molecule has 1 amide bonds. The summed E-state index contributed by atoms with van der Waals surface area (Å²) in [6, 6.07) is 5.67. The Balaban J connectivity index is 2.32. The highest BCUT2D eigenvalue weighted by atomic mass is 16.5. The van der Waals surface area contributed by atoms with Gasteiger partial charge >= 0.3 is 0 Å². The number of hydrogen-bond acceptors (Lipinski definition) is 4. The largest absolute Gasteiger partial charge is 0.399 e. The first-order valence-electron chi connectivity index (χ1n) is 6.08. The Hall–Kier alpha value is -1.75. The van der Waals surface area contributed by atoms with E-state index in [1.165, 1.54) is 0 Å². The van der Waals surface area contributed by atoms with Crippen LogP contribution in [0.5, 0.6) is 0 Å². The molecule has 0 heterocycles. The van der Waals surface area contributed by atoms with Crippen LogP contribution in [0.4, 0.5) is 11.4 Å². The van der Waals surface area contributed by atoms with Crippen molar-refractivity contribution in [1.82, 2.24) is 0 Å². The lowest BCUT2D eigenvalue weighted by Crippen LogP contribution is -2.31. The van der Waals surface area contributed by atoms with Crippen molar-refractivity contribution in [2.24, 2.45) is 5.73 Å². The summed E-state index contributed by atoms with van der Waals surface area (Å²) in [4.78, 5) is 13.6. The number of ether oxygens (including phenoxy) is 1. The maximum atomic E-state index is 11.5. The molecule has 0 spiro atoms. The summed E-state index contributed by atoms with van der Waals surface area (Å²) in [6.07, 6.45) is 2.27. The average Bonchev–Trinajstić information content (AvgIpc) is 3.13. The van der Waals surface area contributed by atoms with Gasteiger partial charge in [0.1, 0.15) is 0 Å². The molecular formula is C13H19N3O2. The predicted molar refractivity (Wildman–Crippen MR) is 71.6 cm³/mol. The first-order valence-corrected chi connectivity index (χ1v) is 6.08. The van der Waals surface area contributed by atoms with Gasteiger partial charge in [0.05, 0.1) is 17.9 Å². The summed E-state index contributed by atoms with van der Waals surface area (Å²) in [6.45, 7) is 1.36. The number of carbonyl (C=O) groups is 1. The van der Waals surface area contributed by atoms with E-state index in [1.807, 2.05) is 6.07 Å². The van der Waals surface area contributed by atoms with E-state index in [0.717, 1.165) is 25.1 Å². The molecule has 1 saturated carbocycles. The van der Waals surface area contributed by atoms with Crippen molar-refractivity contribution in [3.8, 4) is 0 Å². The van der Waals surface area contributed by atoms with Crippen LogP contribution in [-0.2, 0) is 4.74 Å². The number of nitrogens with zero attached hydrogens (tertiary/aromatic N) is 1. The van der Waals surface area contributed by atoms with Gasteiger partial charge in [-0.25, -0.2) is 0 Å². The summed E-state index contributed by atoms with van der Waals surface area (Å²) < 4.78 is 5.11. The van der Waals surface area contributed by atoms with Gasteiger partial charge in [-0.2, -0.15) is 0 Å². The maximum Gasteiger partial charge on any atom is 0.250 e. The van der Waals surface area contributed by atoms with Crippen LogP contribution in [0.25, 0.3) is 0 Å². The summed E-state index contributed by atoms with van der Waals surface area (Å²) in [5.41, 5.74) is 13.2. The molecule has 0 radical (unpaired) electrons. The van der Waals surface area contributed by atoms with Crippen LogP contribution in [0.2, 0.25) is 0 Å². The fourth-order valence-corrected chi connectivity index (χ4v) is 2.07. The molecule has 0 atom stereocenters. The van der Waals surface area contributed by atoms with Crippen LogP contribution in [0.1, 0.15) is 23.2 Å². The average molecular weight is 249 g/mol. The summed E-state index contributed by atoms with van der Waals surface area (Å²) in [5, 5.41) is 0. The quantitative estimate of drug-likeness (QED) is 0.736. The van der Waals surface area contributed by atoms with E-state index in [-0.39, 0.29) is 0 Å². The fourth-order valence-electron chi connectivity index (χ4n) is 2.07. The van der Waals surface area contributed by atoms with E-state index in [9.17, 15) is 4.79 Å². The zero-order valence-corrected chi connectivity index (χ0v) is 10.6. The normalized spacial score (nSPS) is 14.5. The molecule has 18 heavy (non-hydrogen) atoms. The molecule has 0 aromatic heterocycles. The molecule has 1 fully saturated rings. The minimum absolute atomic E-state index is 0.423. The van der Waals surface area contributed by atoms with Crippen LogP contribution >= 0.6 is 0 Å². The maximum absolute atomic E-state index is 11.5. The Bertz CT molecular complexity index is 444. The lowest BCUT2D eigenvalue weighted by atomic mass is 10.1. The first-order chi connectivity index (χ1) is 8.63. The summed E-state index contributed by atoms with van der Waals surface area (Å²) in [5.74, 6) is -0.423. The molecule has 5 heteroatoms. The molecule has 2 rings (SSSR count). The van der Waals surface area contributed by atoms with Gasteiger partial charge in [-0.3, -0.25) is 4.79 Å². The predicted octanol–water partition coefficient (Wildman–Crippen LogP) is 0.983. The number of rotatable bonds is 6. The Labute approximate surface area is 107 Å². The minimum Gasteiger partial charge on any atom is -0.399 e. The van der Waals surface area contributed by atoms with E-state index in [0.29, 0.717) is 23.9 Å². The number of amides is 1. The van der Waals surface area contributed by atoms with Gasteiger partial charge in [0.25, 0.3) is 5.91 Å². The zero-order chi connectivity index (χ0) is 13.1. The highest BCUT2D eigenvalue weighted by molar-refractivity contribution is 5.99. The lowest BCUT2D eigenvalue weighted by Gasteiger charge is -2.26. The van der Waals surface area contributed by atoms with Crippen LogP contribution in [0, 0.1) is 0 Å². The SMILES string of the molecule is COCCN(c1cc(N)ccc1C(N)=O)C1CC1. The Morgan fingerprint density at radius 3 is 2.78 bits per heavy atom. The Morgan fingerprint density at radius 1 is 1.50 bits per heavy atom. The molecule has 1 aromatic carbocycles. The molecule has 1 aromatic rings. The number of anilines is 2. The van der Waals surface area contributed by atoms with Crippen molar-refractivity contribution in [3.05, 3.63) is 23.8 Å². The zero-order valence-electron chi connectivity index (χ0n) is 10.6. The number of nitrogens with two attached hydrogens (primary N) is 2. The smallest absolute Gasteiger partial charge is 0.250 e. The number of hydrogen-bond donors (Lipinski definition) is 2. The monoisotopic (exact) mass is 249 g/mol. The van der Waals surface area contributed by atoms with E-state index >= 15 is 0 Å². The lowest BCUT2D eigenvalue weighted by molar-refractivity contribution is 0.100. The van der Waals surface area contributed by atoms with Crippen LogP contribution in [-0.4, -0.2) is 32.2 Å². The van der Waals surface area contributed by atoms with E-state index in [1.54, 1.807) is 19.2 Å². The second-order valence-electron chi connectivity index (χ2n) is 4.56. The molecular weight excluding hydrogens is 230 g/mol. The van der Waals surface area contributed by atoms with Crippen molar-refractivity contribution >= 4 is 17.3 Å². The van der Waals surface area contributed by atoms with Crippen molar-refractivity contribution in [1.29, 1.82) is 0 Å². The number of primary amides is 1. The minimum atomic E-state index is -0.423. The highest BCUT2D eigenvalue weighted by Crippen LogP contribution is 2.34. The first kappa shape index (κ1) is 12.7. The van der Waals surface area contributed by atoms with Crippen molar-refractivity contribution in [2.45, 2.75) is 18.9 Å². The molecule has 0 aliphatic heterocycles. The molecule has 4 N–H and O–H groups in total. The van der Waals surface area contributed by atoms with E-state index in [2.05, 4.69) is 4.90 Å². The molecule has 1 aliphatic rings. The Kier molecular flexibility index (Phi) is 3.72. The number of nitrogen functional groups attached to an aromatic ring is 1. The van der Waals surface area contributed by atoms with Gasteiger partial charge in [-0.1, -0.05) is 0 Å². The van der Waals surface area contributed by atoms with Crippen molar-refractivity contribution in [2.75, 3.05) is 30.9 Å². The second kappa shape index (κ2) is 5.27. The molecule has 5 nitrogen and oxygen atoms in total. The number of benzene rings is 1. The van der Waals surface area contributed by atoms with Gasteiger partial charge in [-0.15, -0.1) is 0 Å². The van der Waals surface area contributed by atoms with E-state index in [4.69, 9.17) is 16.2 Å². The molecule has 0 unspecified atom stereocenters. The van der Waals surface area contributed by atoms with Crippen molar-refractivity contribution < 1.29 is 9.53 Å². The van der Waals surface area contributed by atoms with Crippen LogP contribution in [0.3, 0.4) is 0 Å². The standard InChI is InChI=1S/C13H19N3O2/c1-18-7-6-16(10-3-4-10)12-8-9(14)2-5-11(12)13(15)17/h2,5,8,10H,3-4,6-7,14H2,1H3,(H2,15,17). The van der Waals surface area contributed by atoms with Crippen molar-refractivity contribution in [3.63, 3.8) is 0 Å². The molecule has 98 valence electrons. The van der Waals surface area contributed by atoms with Crippen LogP contribution < -0.4 is 16.4 Å². The Morgan fingerprint density at radius 2 is 2.22 bits per heavy atom. The van der Waals surface area contributed by atoms with Gasteiger partial charge in [0.15, 0.2) is 0 Å². The molecule has 1 aliphatic carbocycles. The topological polar surface area (TPSA) is 81.6 Å². The molecule has 0 bridgehead atoms. The fraction of sp³-hybridized carbons (Fsp3) is 0.462.